The Morgan fingerprint density at radius 3 is 1.62 bits per heavy atom. The molecule has 0 aliphatic rings. The number of hydrogen-bond acceptors (Lipinski definition) is 2. The van der Waals surface area contributed by atoms with E-state index in [0.29, 0.717) is 0 Å². The molecule has 0 spiro atoms. The Morgan fingerprint density at radius 2 is 1.62 bits per heavy atom. The first-order chi connectivity index (χ1) is 2.56. The van der Waals surface area contributed by atoms with E-state index in [1.165, 1.54) is 0 Å². The van der Waals surface area contributed by atoms with E-state index in [4.69, 9.17) is 14.4 Å². The second-order valence-electron chi connectivity index (χ2n) is 0.560. The van der Waals surface area contributed by atoms with Crippen LogP contribution in [0.1, 0.15) is 0 Å². The SMILES string of the molecule is O=P(O)(O)OF.[AlH3].[NaH]. The number of halogens is 1. The van der Waals surface area contributed by atoms with Crippen LogP contribution in [0.3, 0.4) is 0 Å². The van der Waals surface area contributed by atoms with Crippen molar-refractivity contribution in [3.63, 3.8) is 0 Å². The average molecular weight is 170 g/mol. The molecule has 0 fully saturated rings. The Labute approximate surface area is 78.0 Å². The molecule has 0 unspecified atom stereocenters. The van der Waals surface area contributed by atoms with Crippen molar-refractivity contribution in [3.05, 3.63) is 0 Å². The predicted molar refractivity (Wildman–Crippen MR) is 31.3 cm³/mol. The first kappa shape index (κ1) is 16.3. The summed E-state index contributed by atoms with van der Waals surface area (Å²) in [7, 11) is -4.81. The number of phosphoric acid groups is 1. The molecule has 0 rings (SSSR count). The normalized spacial score (nSPS) is 8.88. The van der Waals surface area contributed by atoms with Gasteiger partial charge in [-0.3, -0.25) is 0 Å². The van der Waals surface area contributed by atoms with Gasteiger partial charge in [0.05, 0.1) is 0 Å². The second kappa shape index (κ2) is 6.69. The minimum atomic E-state index is -4.81. The van der Waals surface area contributed by atoms with Crippen LogP contribution in [0.2, 0.25) is 0 Å². The molecule has 0 bridgehead atoms. The summed E-state index contributed by atoms with van der Waals surface area (Å²) >= 11 is 0. The van der Waals surface area contributed by atoms with Gasteiger partial charge in [0.15, 0.2) is 17.4 Å². The molecule has 0 saturated carbocycles. The topological polar surface area (TPSA) is 66.8 Å². The molecule has 0 aliphatic carbocycles. The van der Waals surface area contributed by atoms with Crippen LogP contribution < -0.4 is 0 Å². The number of rotatable bonds is 1. The van der Waals surface area contributed by atoms with Crippen LogP contribution in [0, 0.1) is 0 Å². The van der Waals surface area contributed by atoms with Gasteiger partial charge in [-0.15, -0.1) is 0 Å². The van der Waals surface area contributed by atoms with E-state index < -0.39 is 7.82 Å². The monoisotopic (exact) mass is 170 g/mol. The van der Waals surface area contributed by atoms with E-state index >= 15 is 0 Å². The van der Waals surface area contributed by atoms with Gasteiger partial charge in [0.25, 0.3) is 0 Å². The molecular formula is H6AlFNaO4P. The van der Waals surface area contributed by atoms with E-state index in [2.05, 4.69) is 4.73 Å². The van der Waals surface area contributed by atoms with Crippen LogP contribution in [0.4, 0.5) is 4.53 Å². The van der Waals surface area contributed by atoms with E-state index in [1.54, 1.807) is 0 Å². The molecule has 0 amide bonds. The summed E-state index contributed by atoms with van der Waals surface area (Å²) in [6.45, 7) is 0. The molecule has 0 aromatic rings. The molecule has 0 saturated heterocycles. The van der Waals surface area contributed by atoms with Gasteiger partial charge in [0, 0.05) is 0 Å². The Hall–Kier alpha value is 1.57. The summed E-state index contributed by atoms with van der Waals surface area (Å²) in [5.41, 5.74) is 0. The summed E-state index contributed by atoms with van der Waals surface area (Å²) in [5, 5.41) is 0. The van der Waals surface area contributed by atoms with Gasteiger partial charge in [0.2, 0.25) is 0 Å². The van der Waals surface area contributed by atoms with Crippen LogP contribution >= 0.6 is 7.82 Å². The van der Waals surface area contributed by atoms with Crippen molar-refractivity contribution in [2.24, 2.45) is 0 Å². The van der Waals surface area contributed by atoms with Crippen molar-refractivity contribution >= 4 is 54.7 Å². The molecule has 0 atom stereocenters. The van der Waals surface area contributed by atoms with Crippen molar-refractivity contribution in [1.82, 2.24) is 0 Å². The number of hydrogen-bond donors (Lipinski definition) is 2. The summed E-state index contributed by atoms with van der Waals surface area (Å²) in [6, 6.07) is 0. The van der Waals surface area contributed by atoms with Gasteiger partial charge in [-0.05, 0) is 4.53 Å². The molecule has 46 valence electrons. The van der Waals surface area contributed by atoms with Crippen LogP contribution in [-0.2, 0) is 9.29 Å². The van der Waals surface area contributed by atoms with E-state index in [-0.39, 0.29) is 46.9 Å². The molecule has 0 radical (unpaired) electrons. The van der Waals surface area contributed by atoms with Gasteiger partial charge in [-0.2, -0.15) is 0 Å². The van der Waals surface area contributed by atoms with Gasteiger partial charge < -0.3 is 9.79 Å². The molecule has 0 aromatic heterocycles. The molecule has 0 heterocycles. The zero-order chi connectivity index (χ0) is 5.21. The molecule has 4 nitrogen and oxygen atoms in total. The predicted octanol–water partition coefficient (Wildman–Crippen LogP) is -1.85. The summed E-state index contributed by atoms with van der Waals surface area (Å²) in [4.78, 5) is 14.7. The van der Waals surface area contributed by atoms with Gasteiger partial charge in [-0.1, -0.05) is 4.73 Å². The molecule has 2 N–H and O–H groups in total. The van der Waals surface area contributed by atoms with Crippen LogP contribution in [0.15, 0.2) is 0 Å². The molecular weight excluding hydrogens is 164 g/mol. The third-order valence-electron chi connectivity index (χ3n) is 0.0899. The molecule has 0 aliphatic heterocycles. The van der Waals surface area contributed by atoms with Crippen LogP contribution in [-0.4, -0.2) is 56.7 Å². The average Bonchev–Trinajstić information content (AvgIpc) is 1.35. The fourth-order valence-electron chi connectivity index (χ4n) is 0. The maximum atomic E-state index is 10.2. The van der Waals surface area contributed by atoms with E-state index in [1.807, 2.05) is 0 Å². The molecule has 8 heteroatoms. The van der Waals surface area contributed by atoms with E-state index in [9.17, 15) is 4.53 Å². The summed E-state index contributed by atoms with van der Waals surface area (Å²) < 4.78 is 21.4. The third-order valence-corrected chi connectivity index (χ3v) is 0.270. The Kier molecular flexibility index (Phi) is 13.6. The maximum absolute atomic E-state index is 10.2. The van der Waals surface area contributed by atoms with Gasteiger partial charge in [0.1, 0.15) is 0 Å². The second-order valence-corrected chi connectivity index (χ2v) is 1.68. The first-order valence-corrected chi connectivity index (χ1v) is 2.45. The zero-order valence-corrected chi connectivity index (χ0v) is 3.43. The van der Waals surface area contributed by atoms with E-state index in [0.717, 1.165) is 0 Å². The summed E-state index contributed by atoms with van der Waals surface area (Å²) in [5.74, 6) is 0. The molecule has 0 aromatic carbocycles. The van der Waals surface area contributed by atoms with Crippen LogP contribution in [0.5, 0.6) is 0 Å². The van der Waals surface area contributed by atoms with Crippen molar-refractivity contribution in [1.29, 1.82) is 0 Å². The van der Waals surface area contributed by atoms with Crippen molar-refractivity contribution in [3.8, 4) is 0 Å². The fraction of sp³-hybridized carbons (Fsp3) is 0. The summed E-state index contributed by atoms with van der Waals surface area (Å²) in [6.07, 6.45) is 0. The van der Waals surface area contributed by atoms with Gasteiger partial charge in [-0.25, -0.2) is 4.57 Å². The third kappa shape index (κ3) is 15.6. The minimum absolute atomic E-state index is 0. The Bertz CT molecular complexity index is 80.1. The first-order valence-electron chi connectivity index (χ1n) is 0.919. The molecule has 8 heavy (non-hydrogen) atoms. The van der Waals surface area contributed by atoms with Crippen molar-refractivity contribution in [2.45, 2.75) is 0 Å². The zero-order valence-electron chi connectivity index (χ0n) is 2.54. The van der Waals surface area contributed by atoms with Crippen molar-refractivity contribution in [2.75, 3.05) is 0 Å². The Balaban J connectivity index is -0.000000125. The fourth-order valence-corrected chi connectivity index (χ4v) is 0. The quantitative estimate of drug-likeness (QED) is 0.358. The van der Waals surface area contributed by atoms with Crippen LogP contribution in [0.25, 0.3) is 0 Å². The standard InChI is InChI=1S/Al.FH2O4P.Na.4H/c;1-5-6(2,3)4;;;;;/h;(H2,2,3,4);;;;;. The van der Waals surface area contributed by atoms with Gasteiger partial charge >= 0.3 is 37.4 Å². The Morgan fingerprint density at radius 1 is 1.50 bits per heavy atom. The van der Waals surface area contributed by atoms with Crippen molar-refractivity contribution < 1.29 is 23.6 Å².